The van der Waals surface area contributed by atoms with Crippen LogP contribution in [0.3, 0.4) is 0 Å². The largest absolute Gasteiger partial charge is 0.504 e. The van der Waals surface area contributed by atoms with Gasteiger partial charge in [0, 0.05) is 25.3 Å². The minimum Gasteiger partial charge on any atom is -0.504 e. The van der Waals surface area contributed by atoms with E-state index >= 15 is 0 Å². The van der Waals surface area contributed by atoms with Crippen LogP contribution in [-0.4, -0.2) is 45.1 Å². The van der Waals surface area contributed by atoms with E-state index in [4.69, 9.17) is 14.2 Å². The Morgan fingerprint density at radius 2 is 1.55 bits per heavy atom. The van der Waals surface area contributed by atoms with Crippen molar-refractivity contribution in [3.63, 3.8) is 0 Å². The summed E-state index contributed by atoms with van der Waals surface area (Å²) in [5.41, 5.74) is 4.77. The van der Waals surface area contributed by atoms with Gasteiger partial charge in [-0.25, -0.2) is 0 Å². The maximum atomic E-state index is 11.2. The summed E-state index contributed by atoms with van der Waals surface area (Å²) in [6.45, 7) is 4.32. The number of allylic oxidation sites excluding steroid dienone is 1. The zero-order valence-electron chi connectivity index (χ0n) is 20.0. The highest BCUT2D eigenvalue weighted by atomic mass is 16.5. The summed E-state index contributed by atoms with van der Waals surface area (Å²) in [6.07, 6.45) is 1.93. The average molecular weight is 450 g/mol. The first kappa shape index (κ1) is 23.9. The molecule has 3 rings (SSSR count). The third-order valence-electron chi connectivity index (χ3n) is 5.32. The second-order valence-corrected chi connectivity index (χ2v) is 8.10. The molecule has 0 amide bonds. The van der Waals surface area contributed by atoms with Crippen LogP contribution in [0, 0.1) is 0 Å². The number of hydrogen-bond donors (Lipinski definition) is 2. The van der Waals surface area contributed by atoms with Gasteiger partial charge in [0.25, 0.3) is 0 Å². The molecule has 2 N–H and O–H groups in total. The molecule has 0 fully saturated rings. The molecule has 0 bridgehead atoms. The first-order valence-electron chi connectivity index (χ1n) is 10.6. The monoisotopic (exact) mass is 449 g/mol. The first-order valence-corrected chi connectivity index (χ1v) is 10.6. The third-order valence-corrected chi connectivity index (χ3v) is 5.32. The van der Waals surface area contributed by atoms with Gasteiger partial charge >= 0.3 is 0 Å². The topological polar surface area (TPSA) is 71.4 Å². The lowest BCUT2D eigenvalue weighted by atomic mass is 9.96. The van der Waals surface area contributed by atoms with Gasteiger partial charge in [-0.3, -0.25) is 0 Å². The number of aromatic hydroxyl groups is 2. The number of rotatable bonds is 8. The molecule has 0 saturated heterocycles. The normalized spacial score (nSPS) is 10.5. The van der Waals surface area contributed by atoms with Crippen LogP contribution in [0.15, 0.2) is 60.2 Å². The van der Waals surface area contributed by atoms with Crippen molar-refractivity contribution in [2.24, 2.45) is 0 Å². The van der Waals surface area contributed by atoms with Crippen LogP contribution in [0.1, 0.15) is 13.8 Å². The van der Waals surface area contributed by atoms with Crippen molar-refractivity contribution in [3.8, 4) is 51.0 Å². The van der Waals surface area contributed by atoms with Gasteiger partial charge in [-0.05, 0) is 61.4 Å². The molecule has 0 aliphatic carbocycles. The number of benzene rings is 3. The minimum atomic E-state index is -0.0684. The Labute approximate surface area is 195 Å². The molecule has 0 aliphatic rings. The highest BCUT2D eigenvalue weighted by molar-refractivity contribution is 5.88. The maximum absolute atomic E-state index is 11.2. The Balaban J connectivity index is 2.06. The summed E-state index contributed by atoms with van der Waals surface area (Å²) in [5, 5.41) is 21.7. The molecule has 0 aromatic heterocycles. The summed E-state index contributed by atoms with van der Waals surface area (Å²) in [7, 11) is 7.01. The van der Waals surface area contributed by atoms with Gasteiger partial charge in [0.15, 0.2) is 23.0 Å². The van der Waals surface area contributed by atoms with Crippen LogP contribution in [0.2, 0.25) is 0 Å². The van der Waals surface area contributed by atoms with Gasteiger partial charge in [0.2, 0.25) is 0 Å². The smallest absolute Gasteiger partial charge is 0.170 e. The minimum absolute atomic E-state index is 0.0292. The van der Waals surface area contributed by atoms with E-state index < -0.39 is 0 Å². The average Bonchev–Trinajstić information content (AvgIpc) is 2.79. The van der Waals surface area contributed by atoms with Crippen LogP contribution >= 0.6 is 0 Å². The molecular weight excluding hydrogens is 418 g/mol. The Morgan fingerprint density at radius 3 is 2.09 bits per heavy atom. The Morgan fingerprint density at radius 1 is 0.879 bits per heavy atom. The fourth-order valence-electron chi connectivity index (χ4n) is 3.52. The third kappa shape index (κ3) is 5.17. The summed E-state index contributed by atoms with van der Waals surface area (Å²) < 4.78 is 16.8. The van der Waals surface area contributed by atoms with E-state index in [-0.39, 0.29) is 11.5 Å². The van der Waals surface area contributed by atoms with Gasteiger partial charge in [0.05, 0.1) is 19.8 Å². The number of nitrogens with zero attached hydrogens (tertiary/aromatic N) is 1. The van der Waals surface area contributed by atoms with E-state index in [0.717, 1.165) is 16.8 Å². The Kier molecular flexibility index (Phi) is 7.38. The van der Waals surface area contributed by atoms with Gasteiger partial charge in [-0.1, -0.05) is 23.8 Å². The van der Waals surface area contributed by atoms with Crippen molar-refractivity contribution < 1.29 is 24.4 Å². The van der Waals surface area contributed by atoms with Gasteiger partial charge in [0.1, 0.15) is 12.4 Å². The van der Waals surface area contributed by atoms with Crippen LogP contribution < -0.4 is 19.1 Å². The first-order chi connectivity index (χ1) is 15.8. The van der Waals surface area contributed by atoms with Crippen LogP contribution in [0.25, 0.3) is 22.3 Å². The number of phenols is 2. The van der Waals surface area contributed by atoms with Crippen LogP contribution in [0.4, 0.5) is 5.69 Å². The summed E-state index contributed by atoms with van der Waals surface area (Å²) in [5.74, 6) is 1.04. The zero-order valence-corrected chi connectivity index (χ0v) is 20.0. The molecule has 0 heterocycles. The van der Waals surface area contributed by atoms with Gasteiger partial charge in [-0.2, -0.15) is 0 Å². The van der Waals surface area contributed by atoms with Crippen LogP contribution in [0.5, 0.6) is 28.7 Å². The SMILES string of the molecule is COc1cc(-c2ccc(N(C)C)cc2)c(OC)c(O)c1-c1ccc(OCC=C(C)C)c(O)c1. The van der Waals surface area contributed by atoms with Gasteiger partial charge in [-0.15, -0.1) is 0 Å². The number of hydrogen-bond acceptors (Lipinski definition) is 6. The number of phenolic OH excluding ortho intramolecular Hbond substituents is 2. The van der Waals surface area contributed by atoms with E-state index in [0.29, 0.717) is 40.5 Å². The van der Waals surface area contributed by atoms with E-state index in [1.807, 2.05) is 69.3 Å². The molecule has 174 valence electrons. The fourth-order valence-corrected chi connectivity index (χ4v) is 3.52. The highest BCUT2D eigenvalue weighted by Gasteiger charge is 2.22. The highest BCUT2D eigenvalue weighted by Crippen LogP contribution is 2.50. The second-order valence-electron chi connectivity index (χ2n) is 8.10. The van der Waals surface area contributed by atoms with Crippen molar-refractivity contribution in [1.29, 1.82) is 0 Å². The number of anilines is 1. The quantitative estimate of drug-likeness (QED) is 0.420. The molecular formula is C27H31NO5. The predicted molar refractivity (Wildman–Crippen MR) is 133 cm³/mol. The standard InChI is InChI=1S/C27H31NO5/c1-17(2)13-14-33-23-12-9-19(15-22(23)29)25-24(31-5)16-21(27(32-6)26(25)30)18-7-10-20(11-8-18)28(3)4/h7-13,15-16,29-30H,14H2,1-6H3. The summed E-state index contributed by atoms with van der Waals surface area (Å²) in [6, 6.07) is 14.7. The molecule has 0 unspecified atom stereocenters. The predicted octanol–water partition coefficient (Wildman–Crippen LogP) is 5.86. The molecule has 0 radical (unpaired) electrons. The molecule has 3 aromatic rings. The summed E-state index contributed by atoms with van der Waals surface area (Å²) in [4.78, 5) is 2.02. The molecule has 6 nitrogen and oxygen atoms in total. The van der Waals surface area contributed by atoms with Crippen molar-refractivity contribution in [3.05, 3.63) is 60.2 Å². The number of ether oxygens (including phenoxy) is 3. The second kappa shape index (κ2) is 10.2. The lowest BCUT2D eigenvalue weighted by Crippen LogP contribution is -2.07. The molecule has 0 atom stereocenters. The number of methoxy groups -OCH3 is 2. The van der Waals surface area contributed by atoms with Gasteiger partial charge < -0.3 is 29.3 Å². The molecule has 3 aromatic carbocycles. The summed E-state index contributed by atoms with van der Waals surface area (Å²) >= 11 is 0. The molecule has 0 aliphatic heterocycles. The van der Waals surface area contributed by atoms with Crippen molar-refractivity contribution in [2.75, 3.05) is 39.8 Å². The lowest BCUT2D eigenvalue weighted by molar-refractivity contribution is 0.335. The molecule has 0 spiro atoms. The molecule has 33 heavy (non-hydrogen) atoms. The molecule has 6 heteroatoms. The Bertz CT molecular complexity index is 1150. The maximum Gasteiger partial charge on any atom is 0.170 e. The van der Waals surface area contributed by atoms with E-state index in [2.05, 4.69) is 0 Å². The van der Waals surface area contributed by atoms with Crippen molar-refractivity contribution >= 4 is 5.69 Å². The van der Waals surface area contributed by atoms with E-state index in [9.17, 15) is 10.2 Å². The lowest BCUT2D eigenvalue weighted by Gasteiger charge is -2.19. The van der Waals surface area contributed by atoms with Crippen LogP contribution in [-0.2, 0) is 0 Å². The molecule has 0 saturated carbocycles. The van der Waals surface area contributed by atoms with E-state index in [1.165, 1.54) is 7.11 Å². The Hall–Kier alpha value is -3.80. The van der Waals surface area contributed by atoms with Crippen molar-refractivity contribution in [1.82, 2.24) is 0 Å². The zero-order chi connectivity index (χ0) is 24.1. The van der Waals surface area contributed by atoms with E-state index in [1.54, 1.807) is 25.3 Å². The van der Waals surface area contributed by atoms with Crippen molar-refractivity contribution in [2.45, 2.75) is 13.8 Å². The fraction of sp³-hybridized carbons (Fsp3) is 0.259.